The van der Waals surface area contributed by atoms with Crippen LogP contribution in [0.25, 0.3) is 0 Å². The smallest absolute Gasteiger partial charge is 0.0476 e. The highest BCUT2D eigenvalue weighted by molar-refractivity contribution is 8.00. The lowest BCUT2D eigenvalue weighted by Crippen LogP contribution is -2.35. The lowest BCUT2D eigenvalue weighted by Gasteiger charge is -2.24. The minimum Gasteiger partial charge on any atom is -0.381 e. The molecule has 0 aromatic heterocycles. The number of hydrogen-bond acceptors (Lipinski definition) is 3. The van der Waals surface area contributed by atoms with Gasteiger partial charge in [0.15, 0.2) is 0 Å². The van der Waals surface area contributed by atoms with Gasteiger partial charge in [0.2, 0.25) is 0 Å². The molecule has 2 rings (SSSR count). The molecule has 2 nitrogen and oxygen atoms in total. The Hall–Kier alpha value is -0.220. The molecule has 0 aliphatic carbocycles. The molecule has 4 heteroatoms. The Morgan fingerprint density at radius 1 is 1.30 bits per heavy atom. The van der Waals surface area contributed by atoms with E-state index in [9.17, 15) is 0 Å². The molecule has 0 bridgehead atoms. The summed E-state index contributed by atoms with van der Waals surface area (Å²) in [5, 5.41) is 5.02. The van der Waals surface area contributed by atoms with E-state index in [1.54, 1.807) is 0 Å². The first-order valence-electron chi connectivity index (χ1n) is 7.22. The molecule has 1 fully saturated rings. The average Bonchev–Trinajstić information content (AvgIpc) is 2.38. The minimum atomic E-state index is 0.125. The van der Waals surface area contributed by atoms with Crippen molar-refractivity contribution >= 4 is 23.4 Å². The monoisotopic (exact) mass is 313 g/mol. The fourth-order valence-corrected chi connectivity index (χ4v) is 3.63. The first-order chi connectivity index (χ1) is 9.44. The normalized spacial score (nSPS) is 17.4. The minimum absolute atomic E-state index is 0.125. The molecule has 0 saturated carbocycles. The van der Waals surface area contributed by atoms with Crippen molar-refractivity contribution in [3.05, 3.63) is 28.8 Å². The highest BCUT2D eigenvalue weighted by Gasteiger charge is 2.17. The van der Waals surface area contributed by atoms with Gasteiger partial charge < -0.3 is 10.1 Å². The molecular formula is C16H24ClNOS. The zero-order valence-electron chi connectivity index (χ0n) is 12.5. The molecule has 0 unspecified atom stereocenters. The van der Waals surface area contributed by atoms with Crippen LogP contribution in [0.5, 0.6) is 0 Å². The van der Waals surface area contributed by atoms with E-state index >= 15 is 0 Å². The standard InChI is InChI=1S/C16H24ClNOS/c1-16(2,3)18-11-12-4-5-13(17)10-15(12)20-14-6-8-19-9-7-14/h4-5,10,14,18H,6-9,11H2,1-3H3. The van der Waals surface area contributed by atoms with Crippen LogP contribution in [0.1, 0.15) is 39.2 Å². The number of halogens is 1. The summed E-state index contributed by atoms with van der Waals surface area (Å²) in [5.41, 5.74) is 1.46. The molecule has 1 aromatic rings. The van der Waals surface area contributed by atoms with Crippen LogP contribution >= 0.6 is 23.4 Å². The quantitative estimate of drug-likeness (QED) is 0.884. The SMILES string of the molecule is CC(C)(C)NCc1ccc(Cl)cc1SC1CCOCC1. The van der Waals surface area contributed by atoms with Crippen molar-refractivity contribution in [3.63, 3.8) is 0 Å². The van der Waals surface area contributed by atoms with Crippen molar-refractivity contribution in [1.82, 2.24) is 5.32 Å². The second-order valence-electron chi connectivity index (χ2n) is 6.29. The summed E-state index contributed by atoms with van der Waals surface area (Å²) in [4.78, 5) is 1.31. The second kappa shape index (κ2) is 7.17. The lowest BCUT2D eigenvalue weighted by molar-refractivity contribution is 0.1000. The van der Waals surface area contributed by atoms with Gasteiger partial charge in [-0.2, -0.15) is 0 Å². The molecule has 1 aromatic carbocycles. The zero-order chi connectivity index (χ0) is 14.6. The maximum atomic E-state index is 6.17. The van der Waals surface area contributed by atoms with Gasteiger partial charge in [-0.1, -0.05) is 17.7 Å². The number of nitrogens with one attached hydrogen (secondary N) is 1. The Bertz CT molecular complexity index is 439. The molecule has 0 amide bonds. The summed E-state index contributed by atoms with van der Waals surface area (Å²) >= 11 is 8.12. The molecule has 20 heavy (non-hydrogen) atoms. The zero-order valence-corrected chi connectivity index (χ0v) is 14.1. The molecule has 0 spiro atoms. The molecule has 1 heterocycles. The van der Waals surface area contributed by atoms with E-state index in [2.05, 4.69) is 38.2 Å². The van der Waals surface area contributed by atoms with Crippen molar-refractivity contribution in [3.8, 4) is 0 Å². The van der Waals surface area contributed by atoms with E-state index in [1.165, 1.54) is 10.5 Å². The van der Waals surface area contributed by atoms with Crippen LogP contribution in [0.15, 0.2) is 23.1 Å². The maximum Gasteiger partial charge on any atom is 0.0476 e. The van der Waals surface area contributed by atoms with Gasteiger partial charge in [-0.3, -0.25) is 0 Å². The van der Waals surface area contributed by atoms with Gasteiger partial charge in [0, 0.05) is 40.5 Å². The Morgan fingerprint density at radius 3 is 2.65 bits per heavy atom. The summed E-state index contributed by atoms with van der Waals surface area (Å²) in [6, 6.07) is 6.22. The van der Waals surface area contributed by atoms with Gasteiger partial charge >= 0.3 is 0 Å². The van der Waals surface area contributed by atoms with E-state index in [4.69, 9.17) is 16.3 Å². The van der Waals surface area contributed by atoms with Gasteiger partial charge in [0.1, 0.15) is 0 Å². The lowest BCUT2D eigenvalue weighted by atomic mass is 10.1. The third kappa shape index (κ3) is 5.28. The van der Waals surface area contributed by atoms with Gasteiger partial charge in [-0.25, -0.2) is 0 Å². The maximum absolute atomic E-state index is 6.17. The van der Waals surface area contributed by atoms with E-state index in [1.807, 2.05) is 17.8 Å². The average molecular weight is 314 g/mol. The molecule has 1 aliphatic heterocycles. The summed E-state index contributed by atoms with van der Waals surface area (Å²) in [5.74, 6) is 0. The van der Waals surface area contributed by atoms with Crippen LogP contribution in [0, 0.1) is 0 Å². The first kappa shape index (κ1) is 16.2. The van der Waals surface area contributed by atoms with Crippen LogP contribution in [-0.2, 0) is 11.3 Å². The number of ether oxygens (including phenoxy) is 1. The van der Waals surface area contributed by atoms with E-state index < -0.39 is 0 Å². The number of benzene rings is 1. The predicted octanol–water partition coefficient (Wildman–Crippen LogP) is 4.50. The van der Waals surface area contributed by atoms with Crippen LogP contribution in [0.2, 0.25) is 5.02 Å². The van der Waals surface area contributed by atoms with Crippen LogP contribution < -0.4 is 5.32 Å². The Kier molecular flexibility index (Phi) is 5.79. The van der Waals surface area contributed by atoms with E-state index in [-0.39, 0.29) is 5.54 Å². The fourth-order valence-electron chi connectivity index (χ4n) is 2.12. The largest absolute Gasteiger partial charge is 0.381 e. The topological polar surface area (TPSA) is 21.3 Å². The number of rotatable bonds is 4. The Labute approximate surface area is 131 Å². The fraction of sp³-hybridized carbons (Fsp3) is 0.625. The number of thioether (sulfide) groups is 1. The van der Waals surface area contributed by atoms with E-state index in [0.717, 1.165) is 37.6 Å². The molecule has 112 valence electrons. The molecule has 1 saturated heterocycles. The van der Waals surface area contributed by atoms with Gasteiger partial charge in [-0.15, -0.1) is 11.8 Å². The third-order valence-electron chi connectivity index (χ3n) is 3.30. The van der Waals surface area contributed by atoms with Gasteiger partial charge in [-0.05, 0) is 51.3 Å². The van der Waals surface area contributed by atoms with Crippen molar-refractivity contribution < 1.29 is 4.74 Å². The summed E-state index contributed by atoms with van der Waals surface area (Å²) < 4.78 is 5.43. The third-order valence-corrected chi connectivity index (χ3v) is 4.97. The van der Waals surface area contributed by atoms with Gasteiger partial charge in [0.05, 0.1) is 0 Å². The molecular weight excluding hydrogens is 290 g/mol. The van der Waals surface area contributed by atoms with Crippen molar-refractivity contribution in [2.24, 2.45) is 0 Å². The van der Waals surface area contributed by atoms with E-state index in [0.29, 0.717) is 5.25 Å². The molecule has 1 N–H and O–H groups in total. The van der Waals surface area contributed by atoms with Crippen molar-refractivity contribution in [1.29, 1.82) is 0 Å². The summed E-state index contributed by atoms with van der Waals surface area (Å²) in [7, 11) is 0. The van der Waals surface area contributed by atoms with Crippen molar-refractivity contribution in [2.75, 3.05) is 13.2 Å². The summed E-state index contributed by atoms with van der Waals surface area (Å²) in [6.07, 6.45) is 2.26. The van der Waals surface area contributed by atoms with Gasteiger partial charge in [0.25, 0.3) is 0 Å². The molecule has 0 atom stereocenters. The summed E-state index contributed by atoms with van der Waals surface area (Å²) in [6.45, 7) is 9.21. The Balaban J connectivity index is 2.06. The van der Waals surface area contributed by atoms with Crippen molar-refractivity contribution in [2.45, 2.75) is 55.8 Å². The first-order valence-corrected chi connectivity index (χ1v) is 8.48. The number of hydrogen-bond donors (Lipinski definition) is 1. The highest BCUT2D eigenvalue weighted by Crippen LogP contribution is 2.34. The highest BCUT2D eigenvalue weighted by atomic mass is 35.5. The van der Waals surface area contributed by atoms with Crippen LogP contribution in [0.4, 0.5) is 0 Å². The second-order valence-corrected chi connectivity index (χ2v) is 8.06. The molecule has 1 aliphatic rings. The van der Waals surface area contributed by atoms with Crippen LogP contribution in [-0.4, -0.2) is 24.0 Å². The molecule has 0 radical (unpaired) electrons. The Morgan fingerprint density at radius 2 is 2.00 bits per heavy atom. The van der Waals surface area contributed by atoms with Crippen LogP contribution in [0.3, 0.4) is 0 Å². The predicted molar refractivity (Wildman–Crippen MR) is 87.7 cm³/mol.